The van der Waals surface area contributed by atoms with Gasteiger partial charge in [0.2, 0.25) is 0 Å². The van der Waals surface area contributed by atoms with Gasteiger partial charge in [-0.15, -0.1) is 0 Å². The van der Waals surface area contributed by atoms with Crippen LogP contribution < -0.4 is 0 Å². The summed E-state index contributed by atoms with van der Waals surface area (Å²) >= 11 is 0. The van der Waals surface area contributed by atoms with Crippen molar-refractivity contribution in [2.75, 3.05) is 7.11 Å². The highest BCUT2D eigenvalue weighted by molar-refractivity contribution is 5.81. The molecule has 0 aliphatic heterocycles. The van der Waals surface area contributed by atoms with Crippen molar-refractivity contribution in [3.63, 3.8) is 0 Å². The summed E-state index contributed by atoms with van der Waals surface area (Å²) in [5, 5.41) is 6.99. The van der Waals surface area contributed by atoms with Crippen LogP contribution in [-0.2, 0) is 17.9 Å². The van der Waals surface area contributed by atoms with Crippen LogP contribution in [0.3, 0.4) is 0 Å². The second-order valence-corrected chi connectivity index (χ2v) is 5.55. The number of ether oxygens (including phenoxy) is 1. The van der Waals surface area contributed by atoms with E-state index in [2.05, 4.69) is 24.3 Å². The monoisotopic (exact) mass is 303 g/mol. The fourth-order valence-corrected chi connectivity index (χ4v) is 2.90. The Kier molecular flexibility index (Phi) is 3.52. The third-order valence-corrected chi connectivity index (χ3v) is 4.00. The Morgan fingerprint density at radius 2 is 1.70 bits per heavy atom. The highest BCUT2D eigenvalue weighted by Gasteiger charge is 2.11. The largest absolute Gasteiger partial charge is 0.378 e. The number of pyridine rings is 1. The lowest BCUT2D eigenvalue weighted by Crippen LogP contribution is -2.08. The summed E-state index contributed by atoms with van der Waals surface area (Å²) in [5.41, 5.74) is 4.07. The lowest BCUT2D eigenvalue weighted by atomic mass is 10.2. The minimum Gasteiger partial charge on any atom is -0.378 e. The zero-order chi connectivity index (χ0) is 15.6. The molecule has 0 aliphatic rings. The third-order valence-electron chi connectivity index (χ3n) is 4.00. The number of nitrogens with zero attached hydrogens (tertiary/aromatic N) is 3. The first-order valence-electron chi connectivity index (χ1n) is 7.63. The molecule has 4 rings (SSSR count). The van der Waals surface area contributed by atoms with Gasteiger partial charge in [0, 0.05) is 17.9 Å². The Hall–Kier alpha value is -2.72. The fraction of sp³-hybridized carbons (Fsp3) is 0.158. The van der Waals surface area contributed by atoms with Gasteiger partial charge in [-0.05, 0) is 18.2 Å². The van der Waals surface area contributed by atoms with E-state index in [1.807, 2.05) is 41.1 Å². The van der Waals surface area contributed by atoms with Crippen molar-refractivity contribution in [3.05, 3.63) is 72.1 Å². The molecule has 0 bridgehead atoms. The van der Waals surface area contributed by atoms with Crippen molar-refractivity contribution < 1.29 is 4.74 Å². The lowest BCUT2D eigenvalue weighted by Gasteiger charge is -2.08. The highest BCUT2D eigenvalue weighted by Crippen LogP contribution is 2.20. The summed E-state index contributed by atoms with van der Waals surface area (Å²) in [6.45, 7) is 1.17. The number of benzene rings is 2. The van der Waals surface area contributed by atoms with Crippen LogP contribution in [0.25, 0.3) is 21.8 Å². The number of rotatable bonds is 4. The summed E-state index contributed by atoms with van der Waals surface area (Å²) in [4.78, 5) is 4.74. The minimum atomic E-state index is 0.536. The predicted molar refractivity (Wildman–Crippen MR) is 91.3 cm³/mol. The number of para-hydroxylation sites is 1. The van der Waals surface area contributed by atoms with Gasteiger partial charge in [0.15, 0.2) is 0 Å². The van der Waals surface area contributed by atoms with Crippen LogP contribution in [0.5, 0.6) is 0 Å². The van der Waals surface area contributed by atoms with Gasteiger partial charge in [-0.1, -0.05) is 42.5 Å². The van der Waals surface area contributed by atoms with E-state index in [1.54, 1.807) is 7.11 Å². The summed E-state index contributed by atoms with van der Waals surface area (Å²) in [7, 11) is 1.71. The summed E-state index contributed by atoms with van der Waals surface area (Å²) in [5.74, 6) is 0. The first-order chi connectivity index (χ1) is 11.3. The van der Waals surface area contributed by atoms with E-state index in [1.165, 1.54) is 0 Å². The fourth-order valence-electron chi connectivity index (χ4n) is 2.90. The van der Waals surface area contributed by atoms with E-state index in [0.29, 0.717) is 13.2 Å². The maximum Gasteiger partial charge on any atom is 0.0927 e. The summed E-state index contributed by atoms with van der Waals surface area (Å²) in [6, 6.07) is 20.5. The molecule has 0 N–H and O–H groups in total. The molecule has 114 valence electrons. The molecule has 0 atom stereocenters. The molecule has 23 heavy (non-hydrogen) atoms. The standard InChI is InChI=1S/C19H17N3O/c1-23-13-19-16-7-3-5-9-18(16)21-22(19)12-15-11-10-14-6-2-4-8-17(14)20-15/h2-11H,12-13H2,1H3. The highest BCUT2D eigenvalue weighted by atomic mass is 16.5. The molecule has 2 aromatic carbocycles. The van der Waals surface area contributed by atoms with Gasteiger partial charge in [0.25, 0.3) is 0 Å². The van der Waals surface area contributed by atoms with Crippen LogP contribution in [0.4, 0.5) is 0 Å². The number of methoxy groups -OCH3 is 1. The zero-order valence-electron chi connectivity index (χ0n) is 12.9. The van der Waals surface area contributed by atoms with Gasteiger partial charge in [-0.2, -0.15) is 5.10 Å². The molecule has 2 aromatic heterocycles. The molecule has 0 fully saturated rings. The molecule has 4 aromatic rings. The molecule has 0 spiro atoms. The first-order valence-corrected chi connectivity index (χ1v) is 7.63. The predicted octanol–water partition coefficient (Wildman–Crippen LogP) is 3.78. The Morgan fingerprint density at radius 1 is 0.913 bits per heavy atom. The van der Waals surface area contributed by atoms with Gasteiger partial charge < -0.3 is 4.74 Å². The van der Waals surface area contributed by atoms with Crippen molar-refractivity contribution in [2.45, 2.75) is 13.2 Å². The van der Waals surface area contributed by atoms with Crippen LogP contribution in [0, 0.1) is 0 Å². The summed E-state index contributed by atoms with van der Waals surface area (Å²) in [6.07, 6.45) is 0. The SMILES string of the molecule is COCc1c2ccccc2nn1Cc1ccc2ccccc2n1. The van der Waals surface area contributed by atoms with Crippen LogP contribution in [0.1, 0.15) is 11.4 Å². The van der Waals surface area contributed by atoms with Crippen molar-refractivity contribution in [1.82, 2.24) is 14.8 Å². The molecule has 0 radical (unpaired) electrons. The second-order valence-electron chi connectivity index (χ2n) is 5.55. The van der Waals surface area contributed by atoms with E-state index >= 15 is 0 Å². The van der Waals surface area contributed by atoms with E-state index in [-0.39, 0.29) is 0 Å². The topological polar surface area (TPSA) is 39.9 Å². The van der Waals surface area contributed by atoms with Gasteiger partial charge in [-0.25, -0.2) is 0 Å². The Morgan fingerprint density at radius 3 is 2.57 bits per heavy atom. The van der Waals surface area contributed by atoms with Crippen LogP contribution in [0.2, 0.25) is 0 Å². The van der Waals surface area contributed by atoms with Crippen LogP contribution in [0.15, 0.2) is 60.7 Å². The molecule has 0 aliphatic carbocycles. The van der Waals surface area contributed by atoms with Crippen molar-refractivity contribution >= 4 is 21.8 Å². The zero-order valence-corrected chi connectivity index (χ0v) is 12.9. The minimum absolute atomic E-state index is 0.536. The van der Waals surface area contributed by atoms with E-state index in [9.17, 15) is 0 Å². The first kappa shape index (κ1) is 13.9. The van der Waals surface area contributed by atoms with E-state index in [4.69, 9.17) is 14.8 Å². The van der Waals surface area contributed by atoms with E-state index < -0.39 is 0 Å². The number of hydrogen-bond acceptors (Lipinski definition) is 3. The number of fused-ring (bicyclic) bond motifs is 2. The van der Waals surface area contributed by atoms with Gasteiger partial charge in [0.05, 0.1) is 35.6 Å². The van der Waals surface area contributed by atoms with Crippen LogP contribution >= 0.6 is 0 Å². The molecule has 2 heterocycles. The molecular formula is C19H17N3O. The van der Waals surface area contributed by atoms with Crippen molar-refractivity contribution in [3.8, 4) is 0 Å². The smallest absolute Gasteiger partial charge is 0.0927 e. The van der Waals surface area contributed by atoms with Gasteiger partial charge in [0.1, 0.15) is 0 Å². The number of hydrogen-bond donors (Lipinski definition) is 0. The summed E-state index contributed by atoms with van der Waals surface area (Å²) < 4.78 is 7.35. The van der Waals surface area contributed by atoms with Crippen molar-refractivity contribution in [2.24, 2.45) is 0 Å². The van der Waals surface area contributed by atoms with Crippen LogP contribution in [-0.4, -0.2) is 21.9 Å². The Bertz CT molecular complexity index is 975. The average Bonchev–Trinajstić information content (AvgIpc) is 2.93. The normalized spacial score (nSPS) is 11.3. The van der Waals surface area contributed by atoms with Gasteiger partial charge in [-0.3, -0.25) is 9.67 Å². The molecule has 0 saturated carbocycles. The maximum atomic E-state index is 5.36. The Labute approximate surface area is 134 Å². The molecule has 4 heteroatoms. The third kappa shape index (κ3) is 2.58. The van der Waals surface area contributed by atoms with Gasteiger partial charge >= 0.3 is 0 Å². The maximum absolute atomic E-state index is 5.36. The molecule has 4 nitrogen and oxygen atoms in total. The molecule has 0 unspecified atom stereocenters. The average molecular weight is 303 g/mol. The molecular weight excluding hydrogens is 286 g/mol. The van der Waals surface area contributed by atoms with E-state index in [0.717, 1.165) is 33.2 Å². The molecule has 0 amide bonds. The molecule has 0 saturated heterocycles. The lowest BCUT2D eigenvalue weighted by molar-refractivity contribution is 0.178. The Balaban J connectivity index is 1.77. The second kappa shape index (κ2) is 5.82. The quantitative estimate of drug-likeness (QED) is 0.576. The van der Waals surface area contributed by atoms with Crippen molar-refractivity contribution in [1.29, 1.82) is 0 Å². The number of aromatic nitrogens is 3.